The first-order chi connectivity index (χ1) is 15.1. The SMILES string of the molecule is Cc1ccc(C(=O)[C@@H]2[C@@H](c3cccs3)C(C#N)(C#N)[C@@H]3C=Cc4ccccc4N23)cc1. The molecule has 31 heavy (non-hydrogen) atoms. The smallest absolute Gasteiger partial charge is 0.185 e. The molecular weight excluding hydrogens is 402 g/mol. The van der Waals surface area contributed by atoms with E-state index in [-0.39, 0.29) is 5.78 Å². The Balaban J connectivity index is 1.77. The number of nitriles is 2. The second kappa shape index (κ2) is 7.23. The second-order valence-corrected chi connectivity index (χ2v) is 9.01. The monoisotopic (exact) mass is 421 g/mol. The molecule has 4 nitrogen and oxygen atoms in total. The van der Waals surface area contributed by atoms with Crippen LogP contribution in [-0.4, -0.2) is 17.9 Å². The highest BCUT2D eigenvalue weighted by molar-refractivity contribution is 7.10. The van der Waals surface area contributed by atoms with Crippen LogP contribution < -0.4 is 4.90 Å². The number of fused-ring (bicyclic) bond motifs is 3. The molecule has 3 heterocycles. The van der Waals surface area contributed by atoms with Crippen LogP contribution in [0.15, 0.2) is 72.1 Å². The van der Waals surface area contributed by atoms with Gasteiger partial charge in [-0.3, -0.25) is 4.79 Å². The number of thiophene rings is 1. The van der Waals surface area contributed by atoms with Crippen molar-refractivity contribution in [2.75, 3.05) is 4.90 Å². The Hall–Kier alpha value is -3.67. The Kier molecular flexibility index (Phi) is 4.50. The lowest BCUT2D eigenvalue weighted by atomic mass is 9.71. The molecule has 3 aromatic rings. The number of hydrogen-bond acceptors (Lipinski definition) is 5. The second-order valence-electron chi connectivity index (χ2n) is 8.03. The van der Waals surface area contributed by atoms with Gasteiger partial charge in [-0.05, 0) is 30.0 Å². The van der Waals surface area contributed by atoms with Crippen LogP contribution in [-0.2, 0) is 0 Å². The van der Waals surface area contributed by atoms with Crippen molar-refractivity contribution in [3.8, 4) is 12.1 Å². The van der Waals surface area contributed by atoms with Crippen LogP contribution >= 0.6 is 11.3 Å². The van der Waals surface area contributed by atoms with E-state index in [4.69, 9.17) is 0 Å². The molecule has 5 heteroatoms. The third-order valence-electron chi connectivity index (χ3n) is 6.37. The quantitative estimate of drug-likeness (QED) is 0.535. The minimum absolute atomic E-state index is 0.0686. The van der Waals surface area contributed by atoms with Gasteiger partial charge in [-0.2, -0.15) is 10.5 Å². The average molecular weight is 422 g/mol. The summed E-state index contributed by atoms with van der Waals surface area (Å²) in [7, 11) is 0. The molecule has 5 rings (SSSR count). The summed E-state index contributed by atoms with van der Waals surface area (Å²) in [6.45, 7) is 1.98. The highest BCUT2D eigenvalue weighted by Crippen LogP contribution is 2.56. The number of Topliss-reactive ketones (excluding diaryl/α,β-unsaturated/α-hetero) is 1. The number of ketones is 1. The summed E-state index contributed by atoms with van der Waals surface area (Å²) in [5.41, 5.74) is 2.16. The summed E-state index contributed by atoms with van der Waals surface area (Å²) in [6.07, 6.45) is 3.88. The maximum absolute atomic E-state index is 14.0. The van der Waals surface area contributed by atoms with Crippen LogP contribution in [0.2, 0.25) is 0 Å². The zero-order valence-electron chi connectivity index (χ0n) is 16.9. The standard InChI is InChI=1S/C26H19N3OS/c1-17-8-10-19(11-9-17)25(30)24-23(21-7-4-14-31-21)26(15-27,16-28)22-13-12-18-5-2-3-6-20(18)29(22)24/h2-14,22-24H,1H3/t22-,23+,24-/m0/s1. The number of rotatable bonds is 3. The number of carbonyl (C=O) groups excluding carboxylic acids is 1. The van der Waals surface area contributed by atoms with Gasteiger partial charge in [0.25, 0.3) is 0 Å². The van der Waals surface area contributed by atoms with Crippen molar-refractivity contribution in [3.63, 3.8) is 0 Å². The molecule has 0 spiro atoms. The van der Waals surface area contributed by atoms with Crippen molar-refractivity contribution in [2.24, 2.45) is 5.41 Å². The van der Waals surface area contributed by atoms with E-state index in [0.29, 0.717) is 5.56 Å². The van der Waals surface area contributed by atoms with E-state index in [1.54, 1.807) is 0 Å². The summed E-state index contributed by atoms with van der Waals surface area (Å²) < 4.78 is 0. The van der Waals surface area contributed by atoms with Gasteiger partial charge in [0.15, 0.2) is 11.2 Å². The largest absolute Gasteiger partial charge is 0.351 e. The molecule has 2 aromatic carbocycles. The lowest BCUT2D eigenvalue weighted by Gasteiger charge is -2.35. The molecule has 0 N–H and O–H groups in total. The molecule has 2 aliphatic heterocycles. The van der Waals surface area contributed by atoms with E-state index in [1.807, 2.05) is 90.0 Å². The lowest BCUT2D eigenvalue weighted by Crippen LogP contribution is -2.44. The van der Waals surface area contributed by atoms with Gasteiger partial charge in [0.2, 0.25) is 0 Å². The van der Waals surface area contributed by atoms with Crippen molar-refractivity contribution >= 4 is 28.9 Å². The molecule has 0 radical (unpaired) electrons. The van der Waals surface area contributed by atoms with Gasteiger partial charge in [-0.1, -0.05) is 66.2 Å². The number of carbonyl (C=O) groups is 1. The Morgan fingerprint density at radius 2 is 1.77 bits per heavy atom. The minimum Gasteiger partial charge on any atom is -0.351 e. The normalized spacial score (nSPS) is 22.8. The number of aryl methyl sites for hydroxylation is 1. The number of anilines is 1. The third kappa shape index (κ3) is 2.75. The first kappa shape index (κ1) is 19.3. The molecular formula is C26H19N3OS. The summed E-state index contributed by atoms with van der Waals surface area (Å²) in [6, 6.07) is 22.7. The fraction of sp³-hybridized carbons (Fsp3) is 0.192. The van der Waals surface area contributed by atoms with Crippen molar-refractivity contribution in [3.05, 3.63) is 93.7 Å². The van der Waals surface area contributed by atoms with Gasteiger partial charge >= 0.3 is 0 Å². The number of para-hydroxylation sites is 1. The predicted octanol–water partition coefficient (Wildman–Crippen LogP) is 5.34. The van der Waals surface area contributed by atoms with Crippen LogP contribution in [0.3, 0.4) is 0 Å². The highest BCUT2D eigenvalue weighted by Gasteiger charge is 2.63. The molecule has 0 amide bonds. The average Bonchev–Trinajstić information content (AvgIpc) is 3.43. The van der Waals surface area contributed by atoms with Crippen LogP contribution in [0, 0.1) is 35.0 Å². The molecule has 2 aliphatic rings. The van der Waals surface area contributed by atoms with E-state index in [9.17, 15) is 15.3 Å². The number of hydrogen-bond donors (Lipinski definition) is 0. The first-order valence-corrected chi connectivity index (χ1v) is 11.0. The minimum atomic E-state index is -1.38. The highest BCUT2D eigenvalue weighted by atomic mass is 32.1. The van der Waals surface area contributed by atoms with E-state index >= 15 is 0 Å². The Morgan fingerprint density at radius 1 is 1.03 bits per heavy atom. The number of nitrogens with zero attached hydrogens (tertiary/aromatic N) is 3. The third-order valence-corrected chi connectivity index (χ3v) is 7.33. The number of benzene rings is 2. The molecule has 0 aliphatic carbocycles. The molecule has 1 aromatic heterocycles. The summed E-state index contributed by atoms with van der Waals surface area (Å²) >= 11 is 1.49. The maximum Gasteiger partial charge on any atom is 0.185 e. The van der Waals surface area contributed by atoms with Crippen LogP contribution in [0.25, 0.3) is 6.08 Å². The van der Waals surface area contributed by atoms with E-state index in [2.05, 4.69) is 12.1 Å². The van der Waals surface area contributed by atoms with E-state index < -0.39 is 23.4 Å². The maximum atomic E-state index is 14.0. The van der Waals surface area contributed by atoms with Crippen molar-refractivity contribution in [1.29, 1.82) is 10.5 Å². The zero-order chi connectivity index (χ0) is 21.6. The molecule has 0 bridgehead atoms. The summed E-state index contributed by atoms with van der Waals surface area (Å²) in [5, 5.41) is 22.6. The first-order valence-electron chi connectivity index (χ1n) is 10.1. The Labute approximate surface area is 185 Å². The van der Waals surface area contributed by atoms with Gasteiger partial charge in [-0.25, -0.2) is 0 Å². The summed E-state index contributed by atoms with van der Waals surface area (Å²) in [5.74, 6) is -0.627. The molecule has 3 atom stereocenters. The van der Waals surface area contributed by atoms with Crippen molar-refractivity contribution < 1.29 is 4.79 Å². The van der Waals surface area contributed by atoms with Crippen molar-refractivity contribution in [2.45, 2.75) is 24.9 Å². The van der Waals surface area contributed by atoms with Gasteiger partial charge < -0.3 is 4.90 Å². The topological polar surface area (TPSA) is 67.9 Å². The summed E-state index contributed by atoms with van der Waals surface area (Å²) in [4.78, 5) is 16.9. The van der Waals surface area contributed by atoms with Crippen LogP contribution in [0.4, 0.5) is 5.69 Å². The van der Waals surface area contributed by atoms with Gasteiger partial charge in [-0.15, -0.1) is 11.3 Å². The Morgan fingerprint density at radius 3 is 2.45 bits per heavy atom. The zero-order valence-corrected chi connectivity index (χ0v) is 17.7. The molecule has 1 saturated heterocycles. The van der Waals surface area contributed by atoms with Crippen LogP contribution in [0.1, 0.15) is 32.3 Å². The molecule has 0 unspecified atom stereocenters. The Bertz CT molecular complexity index is 1250. The van der Waals surface area contributed by atoms with Gasteiger partial charge in [0.05, 0.1) is 24.1 Å². The van der Waals surface area contributed by atoms with Crippen molar-refractivity contribution in [1.82, 2.24) is 0 Å². The van der Waals surface area contributed by atoms with Gasteiger partial charge in [0.1, 0.15) is 6.04 Å². The predicted molar refractivity (Wildman–Crippen MR) is 122 cm³/mol. The fourth-order valence-electron chi connectivity index (χ4n) is 4.90. The molecule has 0 saturated carbocycles. The lowest BCUT2D eigenvalue weighted by molar-refractivity contribution is 0.0951. The van der Waals surface area contributed by atoms with Crippen LogP contribution in [0.5, 0.6) is 0 Å². The van der Waals surface area contributed by atoms with E-state index in [0.717, 1.165) is 21.7 Å². The van der Waals surface area contributed by atoms with E-state index in [1.165, 1.54) is 11.3 Å². The van der Waals surface area contributed by atoms with Gasteiger partial charge in [0, 0.05) is 16.1 Å². The molecule has 1 fully saturated rings. The molecule has 150 valence electrons. The fourth-order valence-corrected chi connectivity index (χ4v) is 5.83.